The van der Waals surface area contributed by atoms with Crippen LogP contribution in [0.1, 0.15) is 16.7 Å². The van der Waals surface area contributed by atoms with E-state index in [1.54, 1.807) is 0 Å². The van der Waals surface area contributed by atoms with Crippen LogP contribution in [0, 0.1) is 13.8 Å². The molecule has 4 nitrogen and oxygen atoms in total. The number of hydrogen-bond donors (Lipinski definition) is 1. The predicted molar refractivity (Wildman–Crippen MR) is 103 cm³/mol. The van der Waals surface area contributed by atoms with Crippen molar-refractivity contribution in [2.24, 2.45) is 0 Å². The zero-order chi connectivity index (χ0) is 17.4. The highest BCUT2D eigenvalue weighted by molar-refractivity contribution is 6.31. The summed E-state index contributed by atoms with van der Waals surface area (Å²) in [7, 11) is 0. The van der Waals surface area contributed by atoms with E-state index in [1.807, 2.05) is 25.3 Å². The minimum absolute atomic E-state index is 0.00159. The topological polar surface area (TPSA) is 35.6 Å². The molecule has 2 aliphatic heterocycles. The first-order valence-corrected chi connectivity index (χ1v) is 8.80. The fraction of sp³-hybridized carbons (Fsp3) is 0.286. The Morgan fingerprint density at radius 2 is 1.72 bits per heavy atom. The number of aryl methyl sites for hydroxylation is 2. The van der Waals surface area contributed by atoms with E-state index >= 15 is 0 Å². The number of nitrogens with one attached hydrogen (secondary N) is 1. The molecule has 1 N–H and O–H groups in total. The Bertz CT molecular complexity index is 848. The van der Waals surface area contributed by atoms with Gasteiger partial charge in [-0.2, -0.15) is 0 Å². The lowest BCUT2D eigenvalue weighted by atomic mass is 10.1. The molecule has 0 unspecified atom stereocenters. The number of nitrogens with zero attached hydrogens (tertiary/aromatic N) is 2. The number of benzene rings is 2. The zero-order valence-electron chi connectivity index (χ0n) is 14.7. The molecule has 1 saturated heterocycles. The van der Waals surface area contributed by atoms with Crippen LogP contribution in [-0.2, 0) is 4.79 Å². The number of amides is 1. The summed E-state index contributed by atoms with van der Waals surface area (Å²) in [5, 5.41) is 2.97. The maximum absolute atomic E-state index is 12.3. The zero-order valence-corrected chi connectivity index (χ0v) is 14.7. The van der Waals surface area contributed by atoms with Crippen LogP contribution in [0.5, 0.6) is 0 Å². The van der Waals surface area contributed by atoms with Gasteiger partial charge < -0.3 is 15.1 Å². The number of hydrogen-bond acceptors (Lipinski definition) is 3. The summed E-state index contributed by atoms with van der Waals surface area (Å²) < 4.78 is 0. The SMILES string of the molecule is Cc1cccc(N2CCN(/C=C3/C(=O)Nc4cc(C)ccc43)CC2)c1. The first kappa shape index (κ1) is 15.8. The summed E-state index contributed by atoms with van der Waals surface area (Å²) in [6.07, 6.45) is 2.03. The molecule has 1 amide bonds. The fourth-order valence-electron chi connectivity index (χ4n) is 3.55. The van der Waals surface area contributed by atoms with Gasteiger partial charge in [0.05, 0.1) is 5.57 Å². The van der Waals surface area contributed by atoms with Crippen molar-refractivity contribution in [3.63, 3.8) is 0 Å². The Labute approximate surface area is 148 Å². The summed E-state index contributed by atoms with van der Waals surface area (Å²) in [5.74, 6) is 0.00159. The largest absolute Gasteiger partial charge is 0.373 e. The van der Waals surface area contributed by atoms with E-state index in [9.17, 15) is 4.79 Å². The molecule has 0 radical (unpaired) electrons. The average molecular weight is 333 g/mol. The van der Waals surface area contributed by atoms with Crippen molar-refractivity contribution in [1.29, 1.82) is 0 Å². The van der Waals surface area contributed by atoms with Gasteiger partial charge in [0.25, 0.3) is 5.91 Å². The van der Waals surface area contributed by atoms with E-state index < -0.39 is 0 Å². The van der Waals surface area contributed by atoms with Gasteiger partial charge in [0.2, 0.25) is 0 Å². The molecule has 0 aliphatic carbocycles. The summed E-state index contributed by atoms with van der Waals surface area (Å²) in [5.41, 5.74) is 6.45. The van der Waals surface area contributed by atoms with Crippen LogP contribution in [0.25, 0.3) is 5.57 Å². The second-order valence-corrected chi connectivity index (χ2v) is 6.91. The van der Waals surface area contributed by atoms with Crippen LogP contribution >= 0.6 is 0 Å². The number of carbonyl (C=O) groups is 1. The molecule has 2 aromatic rings. The summed E-state index contributed by atoms with van der Waals surface area (Å²) in [6, 6.07) is 14.8. The van der Waals surface area contributed by atoms with Crippen LogP contribution in [0.3, 0.4) is 0 Å². The fourth-order valence-corrected chi connectivity index (χ4v) is 3.55. The number of rotatable bonds is 2. The lowest BCUT2D eigenvalue weighted by Crippen LogP contribution is -2.44. The Balaban J connectivity index is 1.49. The minimum Gasteiger partial charge on any atom is -0.373 e. The smallest absolute Gasteiger partial charge is 0.257 e. The molecule has 2 aromatic carbocycles. The summed E-state index contributed by atoms with van der Waals surface area (Å²) in [4.78, 5) is 17.0. The highest BCUT2D eigenvalue weighted by atomic mass is 16.2. The van der Waals surface area contributed by atoms with Crippen LogP contribution in [0.15, 0.2) is 48.7 Å². The quantitative estimate of drug-likeness (QED) is 0.856. The van der Waals surface area contributed by atoms with Crippen LogP contribution in [0.4, 0.5) is 11.4 Å². The number of fused-ring (bicyclic) bond motifs is 1. The maximum Gasteiger partial charge on any atom is 0.257 e. The van der Waals surface area contributed by atoms with E-state index in [4.69, 9.17) is 0 Å². The molecule has 2 aliphatic rings. The van der Waals surface area contributed by atoms with E-state index in [2.05, 4.69) is 52.4 Å². The molecule has 25 heavy (non-hydrogen) atoms. The Hall–Kier alpha value is -2.75. The third-order valence-electron chi connectivity index (χ3n) is 4.95. The molecule has 4 rings (SSSR count). The van der Waals surface area contributed by atoms with Gasteiger partial charge in [0.15, 0.2) is 0 Å². The number of carbonyl (C=O) groups excluding carboxylic acids is 1. The second kappa shape index (κ2) is 6.28. The standard InChI is InChI=1S/C21H23N3O/c1-15-4-3-5-17(12-15)24-10-8-23(9-11-24)14-19-18-7-6-16(2)13-20(18)22-21(19)25/h3-7,12-14H,8-11H2,1-2H3,(H,22,25)/b19-14+. The molecule has 2 heterocycles. The lowest BCUT2D eigenvalue weighted by molar-refractivity contribution is -0.110. The van der Waals surface area contributed by atoms with Crippen molar-refractivity contribution in [2.75, 3.05) is 36.4 Å². The molecule has 0 aromatic heterocycles. The van der Waals surface area contributed by atoms with Crippen LogP contribution < -0.4 is 10.2 Å². The number of piperazine rings is 1. The Morgan fingerprint density at radius 3 is 2.48 bits per heavy atom. The van der Waals surface area contributed by atoms with E-state index in [0.29, 0.717) is 0 Å². The highest BCUT2D eigenvalue weighted by Gasteiger charge is 2.25. The van der Waals surface area contributed by atoms with Crippen molar-refractivity contribution < 1.29 is 4.79 Å². The minimum atomic E-state index is 0.00159. The monoisotopic (exact) mass is 333 g/mol. The van der Waals surface area contributed by atoms with Gasteiger partial charge in [0.1, 0.15) is 0 Å². The van der Waals surface area contributed by atoms with Gasteiger partial charge in [-0.15, -0.1) is 0 Å². The molecule has 0 bridgehead atoms. The third-order valence-corrected chi connectivity index (χ3v) is 4.95. The predicted octanol–water partition coefficient (Wildman–Crippen LogP) is 3.42. The Morgan fingerprint density at radius 1 is 0.960 bits per heavy atom. The first-order valence-electron chi connectivity index (χ1n) is 8.80. The van der Waals surface area contributed by atoms with Crippen molar-refractivity contribution in [3.8, 4) is 0 Å². The van der Waals surface area contributed by atoms with Crippen molar-refractivity contribution in [1.82, 2.24) is 4.90 Å². The summed E-state index contributed by atoms with van der Waals surface area (Å²) in [6.45, 7) is 7.95. The molecular formula is C21H23N3O. The highest BCUT2D eigenvalue weighted by Crippen LogP contribution is 2.32. The van der Waals surface area contributed by atoms with Crippen molar-refractivity contribution in [3.05, 3.63) is 65.4 Å². The second-order valence-electron chi connectivity index (χ2n) is 6.91. The Kier molecular flexibility index (Phi) is 3.96. The van der Waals surface area contributed by atoms with Gasteiger partial charge in [0, 0.05) is 49.3 Å². The van der Waals surface area contributed by atoms with Crippen molar-refractivity contribution in [2.45, 2.75) is 13.8 Å². The molecule has 4 heteroatoms. The lowest BCUT2D eigenvalue weighted by Gasteiger charge is -2.36. The normalized spacial score (nSPS) is 18.5. The van der Waals surface area contributed by atoms with Gasteiger partial charge >= 0.3 is 0 Å². The third kappa shape index (κ3) is 3.12. The molecule has 1 fully saturated rings. The molecule has 0 saturated carbocycles. The molecule has 0 spiro atoms. The van der Waals surface area contributed by atoms with Gasteiger partial charge in [-0.25, -0.2) is 0 Å². The summed E-state index contributed by atoms with van der Waals surface area (Å²) >= 11 is 0. The molecule has 128 valence electrons. The van der Waals surface area contributed by atoms with Crippen LogP contribution in [-0.4, -0.2) is 37.0 Å². The van der Waals surface area contributed by atoms with Crippen molar-refractivity contribution >= 4 is 22.9 Å². The maximum atomic E-state index is 12.3. The molecule has 0 atom stereocenters. The van der Waals surface area contributed by atoms with E-state index in [-0.39, 0.29) is 5.91 Å². The van der Waals surface area contributed by atoms with Gasteiger partial charge in [-0.1, -0.05) is 24.3 Å². The number of anilines is 2. The van der Waals surface area contributed by atoms with Gasteiger partial charge in [-0.3, -0.25) is 4.79 Å². The van der Waals surface area contributed by atoms with E-state index in [0.717, 1.165) is 48.6 Å². The first-order chi connectivity index (χ1) is 12.1. The average Bonchev–Trinajstić information content (AvgIpc) is 2.90. The molecular weight excluding hydrogens is 310 g/mol. The van der Waals surface area contributed by atoms with Crippen LogP contribution in [0.2, 0.25) is 0 Å². The van der Waals surface area contributed by atoms with E-state index in [1.165, 1.54) is 11.3 Å². The van der Waals surface area contributed by atoms with Gasteiger partial charge in [-0.05, 0) is 43.2 Å².